The van der Waals surface area contributed by atoms with Crippen LogP contribution < -0.4 is 11.1 Å². The number of carbonyl (C=O) groups is 2. The molecule has 4 N–H and O–H groups in total. The summed E-state index contributed by atoms with van der Waals surface area (Å²) in [4.78, 5) is 21.8. The van der Waals surface area contributed by atoms with Gasteiger partial charge in [0, 0.05) is 11.9 Å². The number of hydrogen-bond acceptors (Lipinski definition) is 5. The summed E-state index contributed by atoms with van der Waals surface area (Å²) in [5, 5.41) is 12.9. The number of amides is 1. The van der Waals surface area contributed by atoms with Crippen LogP contribution in [0, 0.1) is 0 Å². The van der Waals surface area contributed by atoms with Crippen LogP contribution in [0.2, 0.25) is 0 Å². The number of para-hydroxylation sites is 1. The van der Waals surface area contributed by atoms with Crippen molar-refractivity contribution in [1.29, 1.82) is 0 Å². The Morgan fingerprint density at radius 2 is 2.10 bits per heavy atom. The summed E-state index contributed by atoms with van der Waals surface area (Å²) in [6.07, 6.45) is 0. The largest absolute Gasteiger partial charge is 0.478 e. The highest BCUT2D eigenvalue weighted by Crippen LogP contribution is 2.25. The number of ether oxygens (including phenoxy) is 1. The molecule has 0 bridgehead atoms. The van der Waals surface area contributed by atoms with Gasteiger partial charge in [-0.1, -0.05) is 18.2 Å². The molecule has 0 fully saturated rings. The minimum absolute atomic E-state index is 0.132. The first-order chi connectivity index (χ1) is 10.1. The first kappa shape index (κ1) is 15.0. The number of furan rings is 1. The van der Waals surface area contributed by atoms with Crippen molar-refractivity contribution in [3.8, 4) is 0 Å². The quantitative estimate of drug-likeness (QED) is 0.618. The molecule has 0 spiro atoms. The fourth-order valence-corrected chi connectivity index (χ4v) is 1.97. The molecular formula is C14H16N2O5. The van der Waals surface area contributed by atoms with Crippen LogP contribution in [0.25, 0.3) is 11.0 Å². The number of aromatic carboxylic acids is 1. The molecule has 1 aromatic carbocycles. The second kappa shape index (κ2) is 6.87. The third kappa shape index (κ3) is 3.80. The molecule has 0 saturated carbocycles. The van der Waals surface area contributed by atoms with E-state index in [-0.39, 0.29) is 18.7 Å². The Hall–Kier alpha value is -2.38. The molecule has 2 aromatic rings. The standard InChI is InChI=1S/C14H16N2O5/c15-12(17)8-20-6-5-16-7-11-13(14(18)19)9-3-1-2-4-10(9)21-11/h1-4,16H,5-8H2,(H2,15,17)(H,18,19). The normalized spacial score (nSPS) is 10.9. The van der Waals surface area contributed by atoms with E-state index in [2.05, 4.69) is 5.32 Å². The Morgan fingerprint density at radius 3 is 2.81 bits per heavy atom. The molecule has 7 nitrogen and oxygen atoms in total. The molecule has 0 aliphatic heterocycles. The summed E-state index contributed by atoms with van der Waals surface area (Å²) >= 11 is 0. The van der Waals surface area contributed by atoms with Crippen LogP contribution in [0.5, 0.6) is 0 Å². The lowest BCUT2D eigenvalue weighted by Gasteiger charge is -2.04. The number of benzene rings is 1. The van der Waals surface area contributed by atoms with Crippen molar-refractivity contribution >= 4 is 22.8 Å². The number of primary amides is 1. The Balaban J connectivity index is 1.97. The van der Waals surface area contributed by atoms with E-state index in [0.717, 1.165) is 0 Å². The second-order valence-corrected chi connectivity index (χ2v) is 4.40. The molecule has 0 radical (unpaired) electrons. The van der Waals surface area contributed by atoms with Gasteiger partial charge in [0.1, 0.15) is 23.5 Å². The highest BCUT2D eigenvalue weighted by Gasteiger charge is 2.19. The summed E-state index contributed by atoms with van der Waals surface area (Å²) in [6.45, 7) is 0.873. The van der Waals surface area contributed by atoms with E-state index in [1.165, 1.54) is 0 Å². The fraction of sp³-hybridized carbons (Fsp3) is 0.286. The number of nitrogens with two attached hydrogens (primary N) is 1. The van der Waals surface area contributed by atoms with Crippen molar-refractivity contribution in [2.45, 2.75) is 6.54 Å². The van der Waals surface area contributed by atoms with Crippen molar-refractivity contribution < 1.29 is 23.8 Å². The first-order valence-electron chi connectivity index (χ1n) is 6.40. The van der Waals surface area contributed by atoms with Gasteiger partial charge in [0.25, 0.3) is 0 Å². The molecular weight excluding hydrogens is 276 g/mol. The topological polar surface area (TPSA) is 115 Å². The molecule has 1 amide bonds. The smallest absolute Gasteiger partial charge is 0.339 e. The van der Waals surface area contributed by atoms with E-state index in [9.17, 15) is 14.7 Å². The first-order valence-corrected chi connectivity index (χ1v) is 6.40. The summed E-state index contributed by atoms with van der Waals surface area (Å²) in [7, 11) is 0. The van der Waals surface area contributed by atoms with Crippen molar-refractivity contribution in [2.24, 2.45) is 5.73 Å². The maximum atomic E-state index is 11.3. The van der Waals surface area contributed by atoms with Gasteiger partial charge in [-0.3, -0.25) is 4.79 Å². The summed E-state index contributed by atoms with van der Waals surface area (Å²) < 4.78 is 10.5. The van der Waals surface area contributed by atoms with Gasteiger partial charge in [-0.2, -0.15) is 0 Å². The van der Waals surface area contributed by atoms with Gasteiger partial charge < -0.3 is 25.3 Å². The lowest BCUT2D eigenvalue weighted by molar-refractivity contribution is -0.122. The molecule has 2 rings (SSSR count). The molecule has 1 heterocycles. The van der Waals surface area contributed by atoms with Crippen LogP contribution in [0.15, 0.2) is 28.7 Å². The van der Waals surface area contributed by atoms with Crippen LogP contribution in [0.4, 0.5) is 0 Å². The van der Waals surface area contributed by atoms with Gasteiger partial charge in [0.2, 0.25) is 5.91 Å². The van der Waals surface area contributed by atoms with Crippen molar-refractivity contribution in [3.63, 3.8) is 0 Å². The van der Waals surface area contributed by atoms with E-state index in [0.29, 0.717) is 29.9 Å². The maximum Gasteiger partial charge on any atom is 0.339 e. The number of nitrogens with one attached hydrogen (secondary N) is 1. The summed E-state index contributed by atoms with van der Waals surface area (Å²) in [5.41, 5.74) is 5.63. The number of hydrogen-bond donors (Lipinski definition) is 3. The molecule has 0 saturated heterocycles. The number of fused-ring (bicyclic) bond motifs is 1. The van der Waals surface area contributed by atoms with Crippen LogP contribution >= 0.6 is 0 Å². The fourth-order valence-electron chi connectivity index (χ4n) is 1.97. The van der Waals surface area contributed by atoms with E-state index < -0.39 is 11.9 Å². The van der Waals surface area contributed by atoms with Crippen LogP contribution in [0.3, 0.4) is 0 Å². The monoisotopic (exact) mass is 292 g/mol. The zero-order valence-electron chi connectivity index (χ0n) is 11.3. The highest BCUT2D eigenvalue weighted by atomic mass is 16.5. The van der Waals surface area contributed by atoms with Gasteiger partial charge in [-0.25, -0.2) is 4.79 Å². The minimum atomic E-state index is -1.03. The SMILES string of the molecule is NC(=O)COCCNCc1oc2ccccc2c1C(=O)O. The zero-order chi connectivity index (χ0) is 15.2. The minimum Gasteiger partial charge on any atom is -0.478 e. The van der Waals surface area contributed by atoms with Gasteiger partial charge >= 0.3 is 5.97 Å². The Bertz CT molecular complexity index is 650. The molecule has 0 atom stereocenters. The molecule has 0 aliphatic carbocycles. The lowest BCUT2D eigenvalue weighted by atomic mass is 10.1. The van der Waals surface area contributed by atoms with Gasteiger partial charge in [0.05, 0.1) is 13.2 Å². The average molecular weight is 292 g/mol. The van der Waals surface area contributed by atoms with Gasteiger partial charge in [-0.05, 0) is 6.07 Å². The number of rotatable bonds is 8. The number of carboxylic acids is 1. The Kier molecular flexibility index (Phi) is 4.91. The van der Waals surface area contributed by atoms with Crippen molar-refractivity contribution in [1.82, 2.24) is 5.32 Å². The van der Waals surface area contributed by atoms with Crippen LogP contribution in [-0.2, 0) is 16.1 Å². The highest BCUT2D eigenvalue weighted by molar-refractivity contribution is 6.03. The molecule has 0 aliphatic rings. The van der Waals surface area contributed by atoms with Gasteiger partial charge in [0.15, 0.2) is 0 Å². The number of carbonyl (C=O) groups excluding carboxylic acids is 1. The van der Waals surface area contributed by atoms with Gasteiger partial charge in [-0.15, -0.1) is 0 Å². The van der Waals surface area contributed by atoms with E-state index in [1.54, 1.807) is 24.3 Å². The molecule has 112 valence electrons. The lowest BCUT2D eigenvalue weighted by Crippen LogP contribution is -2.24. The Labute approximate surface area is 120 Å². The maximum absolute atomic E-state index is 11.3. The average Bonchev–Trinajstić information content (AvgIpc) is 2.80. The van der Waals surface area contributed by atoms with Crippen molar-refractivity contribution in [2.75, 3.05) is 19.8 Å². The van der Waals surface area contributed by atoms with Crippen LogP contribution in [0.1, 0.15) is 16.1 Å². The summed E-state index contributed by atoms with van der Waals surface area (Å²) in [5.74, 6) is -1.19. The van der Waals surface area contributed by atoms with Crippen molar-refractivity contribution in [3.05, 3.63) is 35.6 Å². The molecule has 7 heteroatoms. The molecule has 0 unspecified atom stereocenters. The third-order valence-corrected chi connectivity index (χ3v) is 2.84. The third-order valence-electron chi connectivity index (χ3n) is 2.84. The zero-order valence-corrected chi connectivity index (χ0v) is 11.3. The van der Waals surface area contributed by atoms with Crippen LogP contribution in [-0.4, -0.2) is 36.7 Å². The predicted molar refractivity (Wildman–Crippen MR) is 74.9 cm³/mol. The van der Waals surface area contributed by atoms with E-state index >= 15 is 0 Å². The number of carboxylic acid groups (broad SMARTS) is 1. The predicted octanol–water partition coefficient (Wildman–Crippen LogP) is 0.723. The Morgan fingerprint density at radius 1 is 1.33 bits per heavy atom. The molecule has 1 aromatic heterocycles. The summed E-state index contributed by atoms with van der Waals surface area (Å²) in [6, 6.07) is 6.98. The molecule has 21 heavy (non-hydrogen) atoms. The van der Waals surface area contributed by atoms with E-state index in [4.69, 9.17) is 14.9 Å². The van der Waals surface area contributed by atoms with E-state index in [1.807, 2.05) is 0 Å². The second-order valence-electron chi connectivity index (χ2n) is 4.40.